The molecule has 17 heavy (non-hydrogen) atoms. The van der Waals surface area contributed by atoms with Crippen molar-refractivity contribution in [3.05, 3.63) is 33.8 Å². The lowest BCUT2D eigenvalue weighted by atomic mass is 10.2. The number of carbonyl (C=O) groups excluding carboxylic acids is 1. The molecule has 0 bridgehead atoms. The summed E-state index contributed by atoms with van der Waals surface area (Å²) in [6, 6.07) is 5.33. The monoisotopic (exact) mass is 274 g/mol. The van der Waals surface area contributed by atoms with E-state index in [1.165, 1.54) is 0 Å². The molecular weight excluding hydrogens is 259 g/mol. The number of nitrogens with one attached hydrogen (secondary N) is 1. The summed E-state index contributed by atoms with van der Waals surface area (Å²) in [6.45, 7) is 3.51. The van der Waals surface area contributed by atoms with Gasteiger partial charge >= 0.3 is 0 Å². The Labute approximate surface area is 112 Å². The lowest BCUT2D eigenvalue weighted by Crippen LogP contribution is -2.35. The van der Waals surface area contributed by atoms with E-state index in [2.05, 4.69) is 5.32 Å². The van der Waals surface area contributed by atoms with Crippen LogP contribution in [0.25, 0.3) is 0 Å². The summed E-state index contributed by atoms with van der Waals surface area (Å²) in [5.41, 5.74) is 0.933. The molecule has 5 heteroatoms. The first-order valence-corrected chi connectivity index (χ1v) is 6.18. The zero-order valence-corrected chi connectivity index (χ0v) is 11.5. The van der Waals surface area contributed by atoms with Crippen molar-refractivity contribution in [1.82, 2.24) is 10.2 Å². The molecule has 0 spiro atoms. The molecule has 0 saturated heterocycles. The molecule has 0 aliphatic heterocycles. The maximum absolute atomic E-state index is 11.5. The van der Waals surface area contributed by atoms with Crippen LogP contribution in [0.1, 0.15) is 12.5 Å². The van der Waals surface area contributed by atoms with Crippen LogP contribution in [0.3, 0.4) is 0 Å². The molecule has 1 aromatic carbocycles. The molecule has 0 radical (unpaired) electrons. The van der Waals surface area contributed by atoms with Crippen LogP contribution in [0, 0.1) is 0 Å². The van der Waals surface area contributed by atoms with Crippen molar-refractivity contribution >= 4 is 29.1 Å². The van der Waals surface area contributed by atoms with Crippen LogP contribution in [0.2, 0.25) is 10.0 Å². The third-order valence-corrected chi connectivity index (χ3v) is 3.09. The summed E-state index contributed by atoms with van der Waals surface area (Å²) in [5, 5.41) is 4.28. The second-order valence-corrected chi connectivity index (χ2v) is 4.59. The van der Waals surface area contributed by atoms with Crippen molar-refractivity contribution in [3.8, 4) is 0 Å². The molecule has 94 valence electrons. The Balaban J connectivity index is 2.43. The smallest absolute Gasteiger partial charge is 0.236 e. The molecule has 0 aliphatic rings. The quantitative estimate of drug-likeness (QED) is 0.895. The highest BCUT2D eigenvalue weighted by Gasteiger charge is 2.06. The summed E-state index contributed by atoms with van der Waals surface area (Å²) in [4.78, 5) is 13.2. The summed E-state index contributed by atoms with van der Waals surface area (Å²) in [5.74, 6) is 0.0672. The Hall–Kier alpha value is -0.770. The Morgan fingerprint density at radius 2 is 2.12 bits per heavy atom. The summed E-state index contributed by atoms with van der Waals surface area (Å²) >= 11 is 11.8. The average molecular weight is 275 g/mol. The lowest BCUT2D eigenvalue weighted by Gasteiger charge is -2.15. The Bertz CT molecular complexity index is 396. The minimum Gasteiger partial charge on any atom is -0.345 e. The van der Waals surface area contributed by atoms with Gasteiger partial charge in [0.15, 0.2) is 0 Å². The van der Waals surface area contributed by atoms with Gasteiger partial charge in [0, 0.05) is 30.2 Å². The van der Waals surface area contributed by atoms with E-state index in [-0.39, 0.29) is 5.91 Å². The molecule has 0 aliphatic carbocycles. The largest absolute Gasteiger partial charge is 0.345 e. The number of benzene rings is 1. The van der Waals surface area contributed by atoms with Crippen LogP contribution in [-0.2, 0) is 11.3 Å². The maximum Gasteiger partial charge on any atom is 0.236 e. The molecule has 1 rings (SSSR count). The lowest BCUT2D eigenvalue weighted by molar-refractivity contribution is -0.128. The highest BCUT2D eigenvalue weighted by Crippen LogP contribution is 2.20. The van der Waals surface area contributed by atoms with Crippen LogP contribution < -0.4 is 5.32 Å². The Morgan fingerprint density at radius 3 is 2.71 bits per heavy atom. The van der Waals surface area contributed by atoms with Crippen molar-refractivity contribution in [2.75, 3.05) is 20.1 Å². The van der Waals surface area contributed by atoms with Gasteiger partial charge in [0.2, 0.25) is 5.91 Å². The predicted molar refractivity (Wildman–Crippen MR) is 71.5 cm³/mol. The SMILES string of the molecule is CCN(C)C(=O)CNCc1ccc(Cl)cc1Cl. The van der Waals surface area contributed by atoms with Crippen LogP contribution in [0.5, 0.6) is 0 Å². The highest BCUT2D eigenvalue weighted by molar-refractivity contribution is 6.35. The summed E-state index contributed by atoms with van der Waals surface area (Å²) in [7, 11) is 1.78. The van der Waals surface area contributed by atoms with Gasteiger partial charge in [0.1, 0.15) is 0 Å². The number of halogens is 2. The number of carbonyl (C=O) groups is 1. The molecule has 1 N–H and O–H groups in total. The fourth-order valence-corrected chi connectivity index (χ4v) is 1.76. The predicted octanol–water partition coefficient (Wildman–Crippen LogP) is 2.56. The fraction of sp³-hybridized carbons (Fsp3) is 0.417. The van der Waals surface area contributed by atoms with Gasteiger partial charge in [-0.1, -0.05) is 29.3 Å². The first-order valence-electron chi connectivity index (χ1n) is 5.43. The van der Waals surface area contributed by atoms with E-state index >= 15 is 0 Å². The maximum atomic E-state index is 11.5. The summed E-state index contributed by atoms with van der Waals surface area (Å²) in [6.07, 6.45) is 0. The van der Waals surface area contributed by atoms with Crippen LogP contribution in [-0.4, -0.2) is 30.9 Å². The van der Waals surface area contributed by atoms with Crippen molar-refractivity contribution in [2.45, 2.75) is 13.5 Å². The van der Waals surface area contributed by atoms with Gasteiger partial charge in [-0.2, -0.15) is 0 Å². The van der Waals surface area contributed by atoms with Crippen LogP contribution >= 0.6 is 23.2 Å². The number of hydrogen-bond donors (Lipinski definition) is 1. The normalized spacial score (nSPS) is 10.4. The van der Waals surface area contributed by atoms with Crippen molar-refractivity contribution in [1.29, 1.82) is 0 Å². The molecular formula is C12H16Cl2N2O. The molecule has 0 aromatic heterocycles. The molecule has 3 nitrogen and oxygen atoms in total. The minimum atomic E-state index is 0.0672. The van der Waals surface area contributed by atoms with Gasteiger partial charge in [-0.3, -0.25) is 4.79 Å². The van der Waals surface area contributed by atoms with Crippen LogP contribution in [0.15, 0.2) is 18.2 Å². The third-order valence-electron chi connectivity index (χ3n) is 2.51. The number of nitrogens with zero attached hydrogens (tertiary/aromatic N) is 1. The number of rotatable bonds is 5. The van der Waals surface area contributed by atoms with Crippen molar-refractivity contribution in [2.24, 2.45) is 0 Å². The number of amides is 1. The Morgan fingerprint density at radius 1 is 1.41 bits per heavy atom. The fourth-order valence-electron chi connectivity index (χ4n) is 1.28. The van der Waals surface area contributed by atoms with Crippen LogP contribution in [0.4, 0.5) is 0 Å². The van der Waals surface area contributed by atoms with E-state index in [9.17, 15) is 4.79 Å². The van der Waals surface area contributed by atoms with E-state index in [0.29, 0.717) is 29.7 Å². The Kier molecular flexibility index (Phi) is 5.75. The minimum absolute atomic E-state index is 0.0672. The van der Waals surface area contributed by atoms with Crippen molar-refractivity contribution in [3.63, 3.8) is 0 Å². The van der Waals surface area contributed by atoms with Gasteiger partial charge in [0.25, 0.3) is 0 Å². The molecule has 0 atom stereocenters. The van der Waals surface area contributed by atoms with E-state index in [1.54, 1.807) is 24.1 Å². The average Bonchev–Trinajstić information content (AvgIpc) is 2.30. The number of hydrogen-bond acceptors (Lipinski definition) is 2. The van der Waals surface area contributed by atoms with E-state index in [1.807, 2.05) is 13.0 Å². The van der Waals surface area contributed by atoms with Gasteiger partial charge in [-0.15, -0.1) is 0 Å². The standard InChI is InChI=1S/C12H16Cl2N2O/c1-3-16(2)12(17)8-15-7-9-4-5-10(13)6-11(9)14/h4-6,15H,3,7-8H2,1-2H3. The zero-order chi connectivity index (χ0) is 12.8. The molecule has 0 heterocycles. The second-order valence-electron chi connectivity index (χ2n) is 3.75. The van der Waals surface area contributed by atoms with E-state index < -0.39 is 0 Å². The topological polar surface area (TPSA) is 32.3 Å². The molecule has 0 fully saturated rings. The van der Waals surface area contributed by atoms with E-state index in [4.69, 9.17) is 23.2 Å². The van der Waals surface area contributed by atoms with Gasteiger partial charge in [0.05, 0.1) is 6.54 Å². The first kappa shape index (κ1) is 14.3. The molecule has 0 saturated carbocycles. The van der Waals surface area contributed by atoms with Gasteiger partial charge in [-0.05, 0) is 24.6 Å². The van der Waals surface area contributed by atoms with Gasteiger partial charge < -0.3 is 10.2 Å². The summed E-state index contributed by atoms with van der Waals surface area (Å²) < 4.78 is 0. The third kappa shape index (κ3) is 4.54. The molecule has 1 amide bonds. The molecule has 1 aromatic rings. The number of likely N-dealkylation sites (N-methyl/N-ethyl adjacent to an activating group) is 1. The van der Waals surface area contributed by atoms with Gasteiger partial charge in [-0.25, -0.2) is 0 Å². The first-order chi connectivity index (χ1) is 8.04. The highest BCUT2D eigenvalue weighted by atomic mass is 35.5. The van der Waals surface area contributed by atoms with E-state index in [0.717, 1.165) is 5.56 Å². The second kappa shape index (κ2) is 6.84. The molecule has 0 unspecified atom stereocenters. The van der Waals surface area contributed by atoms with Crippen molar-refractivity contribution < 1.29 is 4.79 Å². The zero-order valence-electron chi connectivity index (χ0n) is 9.96.